The molecule has 0 saturated heterocycles. The fourth-order valence-electron chi connectivity index (χ4n) is 2.92. The smallest absolute Gasteiger partial charge is 0.237 e. The van der Waals surface area contributed by atoms with E-state index in [1.54, 1.807) is 18.9 Å². The van der Waals surface area contributed by atoms with Crippen LogP contribution in [-0.2, 0) is 12.3 Å². The second kappa shape index (κ2) is 8.91. The number of aromatic nitrogens is 5. The van der Waals surface area contributed by atoms with E-state index in [1.807, 2.05) is 54.6 Å². The summed E-state index contributed by atoms with van der Waals surface area (Å²) in [6, 6.07) is 17.7. The van der Waals surface area contributed by atoms with Crippen molar-refractivity contribution in [1.29, 1.82) is 0 Å². The lowest BCUT2D eigenvalue weighted by molar-refractivity contribution is 0.391. The van der Waals surface area contributed by atoms with Crippen molar-refractivity contribution in [3.63, 3.8) is 0 Å². The van der Waals surface area contributed by atoms with Crippen LogP contribution in [0.5, 0.6) is 5.75 Å². The molecule has 8 heteroatoms. The maximum atomic E-state index is 5.42. The molecule has 0 N–H and O–H groups in total. The first kappa shape index (κ1) is 19.2. The second-order valence-electron chi connectivity index (χ2n) is 6.35. The maximum absolute atomic E-state index is 5.42. The summed E-state index contributed by atoms with van der Waals surface area (Å²) >= 11 is 1.54. The molecule has 0 atom stereocenters. The number of thioether (sulfide) groups is 1. The molecule has 0 aliphatic rings. The van der Waals surface area contributed by atoms with Gasteiger partial charge in [-0.25, -0.2) is 0 Å². The predicted octanol–water partition coefficient (Wildman–Crippen LogP) is 4.71. The van der Waals surface area contributed by atoms with Crippen molar-refractivity contribution in [1.82, 2.24) is 24.9 Å². The highest BCUT2D eigenvalue weighted by atomic mass is 32.2. The normalized spacial score (nSPS) is 11.0. The molecule has 0 fully saturated rings. The van der Waals surface area contributed by atoms with E-state index in [1.165, 1.54) is 0 Å². The molecule has 0 unspecified atom stereocenters. The Morgan fingerprint density at radius 1 is 1.00 bits per heavy atom. The Bertz CT molecular complexity index is 1060. The predicted molar refractivity (Wildman–Crippen MR) is 112 cm³/mol. The summed E-state index contributed by atoms with van der Waals surface area (Å²) in [5, 5.41) is 13.7. The van der Waals surface area contributed by atoms with Crippen LogP contribution in [0.1, 0.15) is 19.2 Å². The Kier molecular flexibility index (Phi) is 5.90. The van der Waals surface area contributed by atoms with Gasteiger partial charge in [0.1, 0.15) is 5.75 Å². The van der Waals surface area contributed by atoms with Gasteiger partial charge in [-0.1, -0.05) is 54.2 Å². The number of hydrogen-bond acceptors (Lipinski definition) is 7. The fraction of sp³-hybridized carbons (Fsp3) is 0.238. The van der Waals surface area contributed by atoms with Crippen LogP contribution in [0, 0.1) is 0 Å². The Hall–Kier alpha value is -3.13. The summed E-state index contributed by atoms with van der Waals surface area (Å²) in [6.07, 6.45) is 0.994. The van der Waals surface area contributed by atoms with E-state index in [4.69, 9.17) is 9.26 Å². The molecule has 0 amide bonds. The van der Waals surface area contributed by atoms with Crippen molar-refractivity contribution in [2.45, 2.75) is 30.8 Å². The van der Waals surface area contributed by atoms with E-state index in [2.05, 4.69) is 31.8 Å². The fourth-order valence-corrected chi connectivity index (χ4v) is 3.72. The Morgan fingerprint density at radius 2 is 1.79 bits per heavy atom. The lowest BCUT2D eigenvalue weighted by Gasteiger charge is -2.08. The summed E-state index contributed by atoms with van der Waals surface area (Å²) in [6.45, 7) is 2.99. The first-order valence-corrected chi connectivity index (χ1v) is 10.4. The van der Waals surface area contributed by atoms with Crippen LogP contribution < -0.4 is 4.74 Å². The minimum atomic E-state index is 0.528. The largest absolute Gasteiger partial charge is 0.497 e. The molecule has 4 aromatic rings. The first-order chi connectivity index (χ1) is 14.3. The zero-order chi connectivity index (χ0) is 20.1. The van der Waals surface area contributed by atoms with Gasteiger partial charge in [0, 0.05) is 17.7 Å². The van der Waals surface area contributed by atoms with Gasteiger partial charge in [-0.3, -0.25) is 0 Å². The molecule has 0 spiro atoms. The zero-order valence-corrected chi connectivity index (χ0v) is 17.1. The molecule has 0 bridgehead atoms. The molecular formula is C21H21N5O2S. The van der Waals surface area contributed by atoms with Gasteiger partial charge in [-0.15, -0.1) is 10.2 Å². The van der Waals surface area contributed by atoms with Gasteiger partial charge in [0.15, 0.2) is 11.0 Å². The quantitative estimate of drug-likeness (QED) is 0.392. The molecule has 7 nitrogen and oxygen atoms in total. The van der Waals surface area contributed by atoms with Gasteiger partial charge in [-0.05, 0) is 30.7 Å². The van der Waals surface area contributed by atoms with E-state index in [0.29, 0.717) is 17.5 Å². The van der Waals surface area contributed by atoms with Crippen LogP contribution in [-0.4, -0.2) is 32.0 Å². The summed E-state index contributed by atoms with van der Waals surface area (Å²) in [7, 11) is 1.64. The molecule has 148 valence electrons. The molecule has 2 aromatic heterocycles. The van der Waals surface area contributed by atoms with Crippen molar-refractivity contribution < 1.29 is 9.26 Å². The number of hydrogen-bond donors (Lipinski definition) is 0. The lowest BCUT2D eigenvalue weighted by atomic mass is 10.2. The first-order valence-electron chi connectivity index (χ1n) is 9.37. The molecule has 0 radical (unpaired) electrons. The monoisotopic (exact) mass is 407 g/mol. The summed E-state index contributed by atoms with van der Waals surface area (Å²) in [5.41, 5.74) is 1.94. The van der Waals surface area contributed by atoms with Crippen molar-refractivity contribution in [3.8, 4) is 28.5 Å². The van der Waals surface area contributed by atoms with E-state index in [-0.39, 0.29) is 0 Å². The van der Waals surface area contributed by atoms with Crippen molar-refractivity contribution >= 4 is 11.8 Å². The molecular weight excluding hydrogens is 386 g/mol. The van der Waals surface area contributed by atoms with Crippen molar-refractivity contribution in [3.05, 3.63) is 60.5 Å². The van der Waals surface area contributed by atoms with Gasteiger partial charge in [0.05, 0.1) is 12.9 Å². The molecule has 29 heavy (non-hydrogen) atoms. The molecule has 2 aromatic carbocycles. The van der Waals surface area contributed by atoms with Crippen LogP contribution in [0.25, 0.3) is 22.8 Å². The molecule has 0 saturated carbocycles. The maximum Gasteiger partial charge on any atom is 0.237 e. The molecule has 0 aliphatic heterocycles. The van der Waals surface area contributed by atoms with Crippen LogP contribution >= 0.6 is 11.8 Å². The van der Waals surface area contributed by atoms with Gasteiger partial charge >= 0.3 is 0 Å². The molecule has 2 heterocycles. The van der Waals surface area contributed by atoms with E-state index >= 15 is 0 Å². The third-order valence-corrected chi connectivity index (χ3v) is 5.29. The number of nitrogens with zero attached hydrogens (tertiary/aromatic N) is 5. The van der Waals surface area contributed by atoms with E-state index < -0.39 is 0 Å². The molecule has 4 rings (SSSR count). The Morgan fingerprint density at radius 3 is 2.52 bits per heavy atom. The molecule has 0 aliphatic carbocycles. The number of rotatable bonds is 8. The highest BCUT2D eigenvalue weighted by Crippen LogP contribution is 2.27. The lowest BCUT2D eigenvalue weighted by Crippen LogP contribution is -2.02. The Balaban J connectivity index is 1.49. The van der Waals surface area contributed by atoms with Crippen LogP contribution in [0.2, 0.25) is 0 Å². The second-order valence-corrected chi connectivity index (χ2v) is 7.30. The van der Waals surface area contributed by atoms with E-state index in [9.17, 15) is 0 Å². The minimum absolute atomic E-state index is 0.528. The zero-order valence-electron chi connectivity index (χ0n) is 16.3. The van der Waals surface area contributed by atoms with Gasteiger partial charge in [0.2, 0.25) is 11.7 Å². The van der Waals surface area contributed by atoms with Crippen LogP contribution in [0.4, 0.5) is 0 Å². The minimum Gasteiger partial charge on any atom is -0.497 e. The Labute approximate surface area is 173 Å². The number of ether oxygens (including phenoxy) is 1. The van der Waals surface area contributed by atoms with Crippen molar-refractivity contribution in [2.24, 2.45) is 0 Å². The van der Waals surface area contributed by atoms with Crippen molar-refractivity contribution in [2.75, 3.05) is 7.11 Å². The SMILES string of the molecule is CCCn1c(SCc2nc(-c3ccc(OC)cc3)no2)nnc1-c1ccccc1. The average Bonchev–Trinajstić information content (AvgIpc) is 3.40. The van der Waals surface area contributed by atoms with Gasteiger partial charge in [-0.2, -0.15) is 4.98 Å². The summed E-state index contributed by atoms with van der Waals surface area (Å²) in [4.78, 5) is 4.49. The van der Waals surface area contributed by atoms with Gasteiger partial charge in [0.25, 0.3) is 0 Å². The van der Waals surface area contributed by atoms with Gasteiger partial charge < -0.3 is 13.8 Å². The number of methoxy groups -OCH3 is 1. The average molecular weight is 407 g/mol. The number of benzene rings is 2. The highest BCUT2D eigenvalue weighted by molar-refractivity contribution is 7.98. The standard InChI is InChI=1S/C21H21N5O2S/c1-3-13-26-20(16-7-5-4-6-8-16)23-24-21(26)29-14-18-22-19(25-28-18)15-9-11-17(27-2)12-10-15/h4-12H,3,13-14H2,1-2H3. The topological polar surface area (TPSA) is 78.9 Å². The third-order valence-electron chi connectivity index (χ3n) is 4.34. The summed E-state index contributed by atoms with van der Waals surface area (Å²) < 4.78 is 12.7. The van der Waals surface area contributed by atoms with Crippen LogP contribution in [0.15, 0.2) is 64.3 Å². The summed E-state index contributed by atoms with van der Waals surface area (Å²) in [5.74, 6) is 3.30. The van der Waals surface area contributed by atoms with Crippen LogP contribution in [0.3, 0.4) is 0 Å². The highest BCUT2D eigenvalue weighted by Gasteiger charge is 2.16. The van der Waals surface area contributed by atoms with E-state index in [0.717, 1.165) is 40.8 Å². The third kappa shape index (κ3) is 4.32.